The van der Waals surface area contributed by atoms with Gasteiger partial charge in [0.05, 0.1) is 12.0 Å². The van der Waals surface area contributed by atoms with Crippen LogP contribution in [0.5, 0.6) is 5.88 Å². The Labute approximate surface area is 121 Å². The number of hydrogen-bond donors (Lipinski definition) is 1. The molecule has 11 heteroatoms. The highest BCUT2D eigenvalue weighted by Crippen LogP contribution is 2.37. The normalized spacial score (nSPS) is 12.3. The van der Waals surface area contributed by atoms with Crippen LogP contribution in [0.3, 0.4) is 0 Å². The van der Waals surface area contributed by atoms with Gasteiger partial charge in [0.15, 0.2) is 0 Å². The van der Waals surface area contributed by atoms with Crippen molar-refractivity contribution in [2.24, 2.45) is 0 Å². The molecule has 1 heterocycles. The molecule has 0 saturated heterocycles. The van der Waals surface area contributed by atoms with Gasteiger partial charge >= 0.3 is 18.5 Å². The first kappa shape index (κ1) is 17.5. The van der Waals surface area contributed by atoms with Crippen molar-refractivity contribution in [1.29, 1.82) is 0 Å². The number of rotatable bonds is 4. The van der Waals surface area contributed by atoms with Crippen molar-refractivity contribution >= 4 is 21.9 Å². The number of hydrogen-bond acceptors (Lipinski definition) is 3. The Hall–Kier alpha value is -1.52. The van der Waals surface area contributed by atoms with E-state index in [0.717, 1.165) is 0 Å². The predicted molar refractivity (Wildman–Crippen MR) is 59.9 cm³/mol. The number of halogens is 7. The lowest BCUT2D eigenvalue weighted by molar-refractivity contribution is -0.276. The van der Waals surface area contributed by atoms with Gasteiger partial charge in [0, 0.05) is 17.1 Å². The molecule has 21 heavy (non-hydrogen) atoms. The second-order valence-electron chi connectivity index (χ2n) is 3.68. The van der Waals surface area contributed by atoms with Crippen molar-refractivity contribution < 1.29 is 41.0 Å². The summed E-state index contributed by atoms with van der Waals surface area (Å²) in [4.78, 5) is 13.6. The first-order valence-electron chi connectivity index (χ1n) is 5.07. The molecular formula is C10H6BrF6NO3. The molecule has 0 amide bonds. The number of ether oxygens (including phenoxy) is 1. The summed E-state index contributed by atoms with van der Waals surface area (Å²) in [7, 11) is 0. The Kier molecular flexibility index (Phi) is 5.07. The Morgan fingerprint density at radius 2 is 1.81 bits per heavy atom. The molecule has 0 saturated carbocycles. The highest BCUT2D eigenvalue weighted by Gasteiger charge is 2.38. The van der Waals surface area contributed by atoms with E-state index >= 15 is 0 Å². The van der Waals surface area contributed by atoms with E-state index in [2.05, 4.69) is 25.7 Å². The maximum atomic E-state index is 12.8. The molecule has 118 valence electrons. The third-order valence-electron chi connectivity index (χ3n) is 2.24. The fourth-order valence-electron chi connectivity index (χ4n) is 1.50. The zero-order chi connectivity index (χ0) is 16.4. The zero-order valence-corrected chi connectivity index (χ0v) is 11.4. The molecule has 0 aliphatic rings. The number of aliphatic carboxylic acids is 1. The third kappa shape index (κ3) is 4.76. The van der Waals surface area contributed by atoms with Crippen LogP contribution in [0.2, 0.25) is 0 Å². The fourth-order valence-corrected chi connectivity index (χ4v) is 2.14. The molecule has 0 aliphatic heterocycles. The van der Waals surface area contributed by atoms with Crippen LogP contribution in [0.1, 0.15) is 16.7 Å². The number of pyridine rings is 1. The van der Waals surface area contributed by atoms with Gasteiger partial charge in [-0.25, -0.2) is 4.98 Å². The van der Waals surface area contributed by atoms with E-state index in [0.29, 0.717) is 0 Å². The van der Waals surface area contributed by atoms with Crippen LogP contribution in [0.25, 0.3) is 0 Å². The van der Waals surface area contributed by atoms with Gasteiger partial charge in [0.25, 0.3) is 0 Å². The van der Waals surface area contributed by atoms with Crippen molar-refractivity contribution in [2.75, 3.05) is 0 Å². The molecule has 0 radical (unpaired) electrons. The van der Waals surface area contributed by atoms with E-state index in [-0.39, 0.29) is 6.20 Å². The van der Waals surface area contributed by atoms with Gasteiger partial charge in [-0.15, -0.1) is 13.2 Å². The van der Waals surface area contributed by atoms with Crippen LogP contribution in [0.4, 0.5) is 26.3 Å². The summed E-state index contributed by atoms with van der Waals surface area (Å²) in [6, 6.07) is 0. The quantitative estimate of drug-likeness (QED) is 0.640. The molecule has 0 fully saturated rings. The Bertz CT molecular complexity index is 543. The summed E-state index contributed by atoms with van der Waals surface area (Å²) < 4.78 is 78.3. The largest absolute Gasteiger partial charge is 0.574 e. The first-order valence-corrected chi connectivity index (χ1v) is 6.19. The van der Waals surface area contributed by atoms with Crippen molar-refractivity contribution in [3.8, 4) is 5.88 Å². The van der Waals surface area contributed by atoms with Crippen LogP contribution in [0.15, 0.2) is 6.20 Å². The van der Waals surface area contributed by atoms with Crippen molar-refractivity contribution in [3.05, 3.63) is 22.9 Å². The molecule has 0 unspecified atom stereocenters. The predicted octanol–water partition coefficient (Wildman–Crippen LogP) is 3.52. The van der Waals surface area contributed by atoms with Gasteiger partial charge in [-0.05, 0) is 5.56 Å². The molecule has 1 aromatic rings. The minimum absolute atomic E-state index is 0.170. The number of aromatic nitrogens is 1. The summed E-state index contributed by atoms with van der Waals surface area (Å²) >= 11 is 2.70. The highest BCUT2D eigenvalue weighted by atomic mass is 79.9. The Morgan fingerprint density at radius 1 is 1.24 bits per heavy atom. The van der Waals surface area contributed by atoms with Crippen molar-refractivity contribution in [2.45, 2.75) is 24.3 Å². The molecule has 4 nitrogen and oxygen atoms in total. The van der Waals surface area contributed by atoms with Gasteiger partial charge in [0.2, 0.25) is 5.88 Å². The smallest absolute Gasteiger partial charge is 0.481 e. The SMILES string of the molecule is O=C(O)Cc1c(OC(F)(F)F)ncc(C(F)(F)F)c1CBr. The van der Waals surface area contributed by atoms with E-state index in [1.807, 2.05) is 0 Å². The van der Waals surface area contributed by atoms with Crippen LogP contribution < -0.4 is 4.74 Å². The monoisotopic (exact) mass is 381 g/mol. The number of alkyl halides is 7. The van der Waals surface area contributed by atoms with Gasteiger partial charge < -0.3 is 9.84 Å². The minimum Gasteiger partial charge on any atom is -0.481 e. The molecular weight excluding hydrogens is 376 g/mol. The molecule has 0 spiro atoms. The Balaban J connectivity index is 3.50. The number of carboxylic acid groups (broad SMARTS) is 1. The van der Waals surface area contributed by atoms with Crippen LogP contribution >= 0.6 is 15.9 Å². The average molecular weight is 382 g/mol. The first-order chi connectivity index (χ1) is 9.45. The van der Waals surface area contributed by atoms with E-state index in [4.69, 9.17) is 5.11 Å². The van der Waals surface area contributed by atoms with E-state index in [1.54, 1.807) is 0 Å². The molecule has 0 atom stereocenters. The second kappa shape index (κ2) is 6.08. The second-order valence-corrected chi connectivity index (χ2v) is 4.24. The third-order valence-corrected chi connectivity index (χ3v) is 2.80. The lowest BCUT2D eigenvalue weighted by Gasteiger charge is -2.18. The molecule has 1 N–H and O–H groups in total. The molecule has 1 rings (SSSR count). The molecule has 0 aromatic carbocycles. The lowest BCUT2D eigenvalue weighted by atomic mass is 10.0. The fraction of sp³-hybridized carbons (Fsp3) is 0.400. The van der Waals surface area contributed by atoms with Gasteiger partial charge in [-0.2, -0.15) is 13.2 Å². The standard InChI is InChI=1S/C10H6BrF6NO3/c11-2-5-4(1-7(19)20)8(21-10(15,16)17)18-3-6(5)9(12,13)14/h3H,1-2H2,(H,19,20). The van der Waals surface area contributed by atoms with Gasteiger partial charge in [-0.1, -0.05) is 15.9 Å². The van der Waals surface area contributed by atoms with Gasteiger partial charge in [-0.3, -0.25) is 4.79 Å². The summed E-state index contributed by atoms with van der Waals surface area (Å²) in [5.41, 5.74) is -2.78. The maximum Gasteiger partial charge on any atom is 0.574 e. The van der Waals surface area contributed by atoms with E-state index < -0.39 is 52.8 Å². The summed E-state index contributed by atoms with van der Waals surface area (Å²) in [6.45, 7) is 0. The number of nitrogens with zero attached hydrogens (tertiary/aromatic N) is 1. The summed E-state index contributed by atoms with van der Waals surface area (Å²) in [5, 5.41) is 8.13. The highest BCUT2D eigenvalue weighted by molar-refractivity contribution is 9.08. The van der Waals surface area contributed by atoms with E-state index in [9.17, 15) is 31.1 Å². The van der Waals surface area contributed by atoms with Crippen LogP contribution in [-0.2, 0) is 22.7 Å². The van der Waals surface area contributed by atoms with Crippen LogP contribution in [0, 0.1) is 0 Å². The number of carboxylic acids is 1. The van der Waals surface area contributed by atoms with Gasteiger partial charge in [0.1, 0.15) is 0 Å². The number of carbonyl (C=O) groups is 1. The van der Waals surface area contributed by atoms with Crippen molar-refractivity contribution in [1.82, 2.24) is 4.98 Å². The van der Waals surface area contributed by atoms with Crippen molar-refractivity contribution in [3.63, 3.8) is 0 Å². The summed E-state index contributed by atoms with van der Waals surface area (Å²) in [6.07, 6.45) is -11.0. The molecule has 0 bridgehead atoms. The van der Waals surface area contributed by atoms with Crippen LogP contribution in [-0.4, -0.2) is 22.4 Å². The zero-order valence-electron chi connectivity index (χ0n) is 9.85. The minimum atomic E-state index is -5.20. The maximum absolute atomic E-state index is 12.8. The Morgan fingerprint density at radius 3 is 2.19 bits per heavy atom. The topological polar surface area (TPSA) is 59.4 Å². The summed E-state index contributed by atoms with van der Waals surface area (Å²) in [5.74, 6) is -2.84. The molecule has 0 aliphatic carbocycles. The van der Waals surface area contributed by atoms with E-state index in [1.165, 1.54) is 0 Å². The average Bonchev–Trinajstić information content (AvgIpc) is 2.26. The molecule has 1 aromatic heterocycles. The lowest BCUT2D eigenvalue weighted by Crippen LogP contribution is -2.22.